The predicted octanol–water partition coefficient (Wildman–Crippen LogP) is 4.78. The summed E-state index contributed by atoms with van der Waals surface area (Å²) >= 11 is 0. The summed E-state index contributed by atoms with van der Waals surface area (Å²) in [6.07, 6.45) is 2.41. The molecule has 2 bridgehead atoms. The minimum Gasteiger partial charge on any atom is -0.295 e. The summed E-state index contributed by atoms with van der Waals surface area (Å²) in [7, 11) is 2.34. The Kier molecular flexibility index (Phi) is 3.34. The van der Waals surface area contributed by atoms with Crippen molar-refractivity contribution >= 4 is 0 Å². The third-order valence-corrected chi connectivity index (χ3v) is 5.61. The van der Waals surface area contributed by atoms with Crippen molar-refractivity contribution in [1.82, 2.24) is 4.90 Å². The fraction of sp³-hybridized carbons (Fsp3) is 0.429. The van der Waals surface area contributed by atoms with E-state index >= 15 is 0 Å². The maximum absolute atomic E-state index is 2.66. The van der Waals surface area contributed by atoms with Crippen molar-refractivity contribution < 1.29 is 0 Å². The number of benzene rings is 2. The third-order valence-electron chi connectivity index (χ3n) is 5.61. The van der Waals surface area contributed by atoms with Crippen molar-refractivity contribution in [1.29, 1.82) is 0 Å². The van der Waals surface area contributed by atoms with Crippen molar-refractivity contribution in [3.05, 3.63) is 70.8 Å². The second kappa shape index (κ2) is 5.24. The molecule has 2 aliphatic heterocycles. The van der Waals surface area contributed by atoms with Crippen molar-refractivity contribution in [3.8, 4) is 0 Å². The van der Waals surface area contributed by atoms with Crippen molar-refractivity contribution in [3.63, 3.8) is 0 Å². The van der Waals surface area contributed by atoms with Crippen LogP contribution in [0, 0.1) is 5.92 Å². The van der Waals surface area contributed by atoms with E-state index < -0.39 is 0 Å². The van der Waals surface area contributed by atoms with Gasteiger partial charge in [0, 0.05) is 18.0 Å². The molecule has 5 rings (SSSR count). The number of fused-ring (bicyclic) bond motifs is 1. The summed E-state index contributed by atoms with van der Waals surface area (Å²) in [6, 6.07) is 19.4. The quantitative estimate of drug-likeness (QED) is 0.770. The molecule has 114 valence electrons. The van der Waals surface area contributed by atoms with Gasteiger partial charge in [0.2, 0.25) is 0 Å². The van der Waals surface area contributed by atoms with Crippen LogP contribution in [0.1, 0.15) is 54.5 Å². The highest BCUT2D eigenvalue weighted by Gasteiger charge is 2.43. The van der Waals surface area contributed by atoms with Crippen LogP contribution in [0.2, 0.25) is 0 Å². The van der Waals surface area contributed by atoms with Gasteiger partial charge in [-0.1, -0.05) is 62.4 Å². The highest BCUT2D eigenvalue weighted by Crippen LogP contribution is 2.49. The fourth-order valence-corrected chi connectivity index (χ4v) is 4.64. The molecule has 1 aliphatic carbocycles. The Morgan fingerprint density at radius 2 is 1.59 bits per heavy atom. The molecule has 1 nitrogen and oxygen atoms in total. The molecule has 0 saturated carbocycles. The maximum Gasteiger partial charge on any atom is 0.0391 e. The van der Waals surface area contributed by atoms with Gasteiger partial charge in [0.05, 0.1) is 0 Å². The first-order valence-electron chi connectivity index (χ1n) is 8.55. The summed E-state index contributed by atoms with van der Waals surface area (Å²) in [5, 5.41) is 0. The molecule has 2 heterocycles. The van der Waals surface area contributed by atoms with Crippen LogP contribution in [0.5, 0.6) is 0 Å². The number of hydrogen-bond acceptors (Lipinski definition) is 1. The number of nitrogens with zero attached hydrogens (tertiary/aromatic N) is 1. The Balaban J connectivity index is 1.94. The topological polar surface area (TPSA) is 3.24 Å². The molecule has 0 saturated heterocycles. The molecular weight excluding hydrogens is 266 g/mol. The van der Waals surface area contributed by atoms with E-state index in [0.717, 1.165) is 12.3 Å². The number of hydrogen-bond donors (Lipinski definition) is 0. The molecule has 0 aromatic heterocycles. The van der Waals surface area contributed by atoms with Crippen LogP contribution in [0.4, 0.5) is 0 Å². The van der Waals surface area contributed by atoms with Crippen molar-refractivity contribution in [2.24, 2.45) is 5.92 Å². The molecule has 22 heavy (non-hydrogen) atoms. The summed E-state index contributed by atoms with van der Waals surface area (Å²) in [4.78, 5) is 2.66. The van der Waals surface area contributed by atoms with Crippen molar-refractivity contribution in [2.75, 3.05) is 7.05 Å². The first-order valence-corrected chi connectivity index (χ1v) is 8.55. The van der Waals surface area contributed by atoms with E-state index in [1.54, 1.807) is 22.3 Å². The predicted molar refractivity (Wildman–Crippen MR) is 92.2 cm³/mol. The monoisotopic (exact) mass is 291 g/mol. The molecule has 0 N–H and O–H groups in total. The Bertz CT molecular complexity index is 688. The number of likely N-dealkylation sites (N-methyl/N-ethyl adjacent to an activating group) is 1. The molecule has 0 amide bonds. The van der Waals surface area contributed by atoms with Gasteiger partial charge in [0.15, 0.2) is 0 Å². The average Bonchev–Trinajstić information content (AvgIpc) is 2.73. The third kappa shape index (κ3) is 2.03. The van der Waals surface area contributed by atoms with Crippen LogP contribution in [0.3, 0.4) is 0 Å². The lowest BCUT2D eigenvalue weighted by Gasteiger charge is -2.44. The normalized spacial score (nSPS) is 26.6. The molecule has 0 fully saturated rings. The second-order valence-corrected chi connectivity index (χ2v) is 7.39. The van der Waals surface area contributed by atoms with E-state index in [-0.39, 0.29) is 0 Å². The minimum absolute atomic E-state index is 0.526. The highest BCUT2D eigenvalue weighted by molar-refractivity contribution is 5.50. The van der Waals surface area contributed by atoms with Gasteiger partial charge in [-0.3, -0.25) is 4.90 Å². The van der Waals surface area contributed by atoms with Crippen molar-refractivity contribution in [2.45, 2.75) is 44.7 Å². The Morgan fingerprint density at radius 3 is 2.32 bits per heavy atom. The van der Waals surface area contributed by atoms with Crippen LogP contribution in [0.25, 0.3) is 0 Å². The molecular formula is C21H25N. The average molecular weight is 291 g/mol. The van der Waals surface area contributed by atoms with Crippen LogP contribution in [-0.2, 0) is 6.42 Å². The molecule has 3 atom stereocenters. The van der Waals surface area contributed by atoms with Crippen LogP contribution in [0.15, 0.2) is 48.5 Å². The van der Waals surface area contributed by atoms with Crippen LogP contribution in [-0.4, -0.2) is 18.0 Å². The van der Waals surface area contributed by atoms with E-state index in [4.69, 9.17) is 0 Å². The zero-order valence-corrected chi connectivity index (χ0v) is 13.8. The summed E-state index contributed by atoms with van der Waals surface area (Å²) in [5.41, 5.74) is 6.23. The van der Waals surface area contributed by atoms with Gasteiger partial charge in [-0.2, -0.15) is 0 Å². The van der Waals surface area contributed by atoms with Gasteiger partial charge in [0.1, 0.15) is 0 Å². The standard InChI is InChI=1S/C21H25N/c1-14(2)12-20-21-16-9-5-4-8-15(16)13-19(22(20)3)17-10-6-7-11-18(17)21/h4-11,14,19-21H,12-13H2,1-3H3/t19-,20+,21+/m1/s1. The molecule has 2 aromatic carbocycles. The van der Waals surface area contributed by atoms with Gasteiger partial charge in [-0.25, -0.2) is 0 Å². The summed E-state index contributed by atoms with van der Waals surface area (Å²) < 4.78 is 0. The van der Waals surface area contributed by atoms with Gasteiger partial charge in [-0.05, 0) is 48.1 Å². The Labute approximate surface area is 134 Å². The van der Waals surface area contributed by atoms with Gasteiger partial charge in [-0.15, -0.1) is 0 Å². The molecule has 0 radical (unpaired) electrons. The SMILES string of the molecule is CC(C)C[C@H]1[C@H]2c3ccccc3C[C@H](c3ccccc32)N1C. The van der Waals surface area contributed by atoms with Gasteiger partial charge >= 0.3 is 0 Å². The Morgan fingerprint density at radius 1 is 0.955 bits per heavy atom. The second-order valence-electron chi connectivity index (χ2n) is 7.39. The van der Waals surface area contributed by atoms with Gasteiger partial charge in [0.25, 0.3) is 0 Å². The largest absolute Gasteiger partial charge is 0.295 e. The maximum atomic E-state index is 2.66. The van der Waals surface area contributed by atoms with Gasteiger partial charge < -0.3 is 0 Å². The van der Waals surface area contributed by atoms with Crippen LogP contribution >= 0.6 is 0 Å². The lowest BCUT2D eigenvalue weighted by atomic mass is 9.76. The molecule has 0 unspecified atom stereocenters. The highest BCUT2D eigenvalue weighted by atomic mass is 15.2. The zero-order chi connectivity index (χ0) is 15.3. The molecule has 3 aliphatic rings. The molecule has 2 aromatic rings. The first-order chi connectivity index (χ1) is 10.7. The minimum atomic E-state index is 0.526. The number of rotatable bonds is 2. The van der Waals surface area contributed by atoms with E-state index in [1.165, 1.54) is 6.42 Å². The van der Waals surface area contributed by atoms with E-state index in [9.17, 15) is 0 Å². The Hall–Kier alpha value is -1.60. The van der Waals surface area contributed by atoms with Crippen LogP contribution < -0.4 is 0 Å². The summed E-state index contributed by atoms with van der Waals surface area (Å²) in [6.45, 7) is 4.70. The molecule has 0 spiro atoms. The molecule has 1 heteroatoms. The lowest BCUT2D eigenvalue weighted by molar-refractivity contribution is 0.129. The van der Waals surface area contributed by atoms with E-state index in [0.29, 0.717) is 18.0 Å². The summed E-state index contributed by atoms with van der Waals surface area (Å²) in [5.74, 6) is 1.25. The zero-order valence-electron chi connectivity index (χ0n) is 13.8. The lowest BCUT2D eigenvalue weighted by Crippen LogP contribution is -2.43. The smallest absolute Gasteiger partial charge is 0.0391 e. The fourth-order valence-electron chi connectivity index (χ4n) is 4.64. The van der Waals surface area contributed by atoms with E-state index in [1.807, 2.05) is 0 Å². The van der Waals surface area contributed by atoms with E-state index in [2.05, 4.69) is 74.3 Å². The first kappa shape index (κ1) is 14.0.